The number of amides is 8. The number of primary amides is 1. The molecule has 21 heteroatoms. The molecule has 3 aromatic carbocycles. The van der Waals surface area contributed by atoms with Gasteiger partial charge in [0.15, 0.2) is 0 Å². The molecule has 0 radical (unpaired) electrons. The molecule has 0 fully saturated rings. The number of phenols is 1. The molecule has 0 aromatic heterocycles. The molecule has 18 nitrogen and oxygen atoms in total. The van der Waals surface area contributed by atoms with Gasteiger partial charge in [0.05, 0.1) is 19.6 Å². The van der Waals surface area contributed by atoms with Crippen LogP contribution in [-0.4, -0.2) is 115 Å². The van der Waals surface area contributed by atoms with Crippen LogP contribution in [0.5, 0.6) is 5.75 Å². The van der Waals surface area contributed by atoms with Gasteiger partial charge in [0.2, 0.25) is 47.3 Å². The standard InChI is InChI=1S/C43H56ClN9O9S2/c1-63-64-26-35(52-36(55)19-14-27-10-15-30(44)16-11-27)43(62)53-34(22-29-12-17-31(54)18-13-29)42(61)49-25-39(58)50-32(9-5-6-20-45)41(60)48-23-37(56)47-24-38(57)51-33(40(46)59)21-28-7-3-2-4-8-28/h2-4,7-8,10-13,15-18,32-35,54H,5-6,9,14,19-26,45H2,1H3,(H2,46,59)(H,47,56)(H,48,60)(H,49,61)(H,50,58)(H,51,57)(H,52,55)(H,53,62)/t32?,33?,34-,35?/m0/s1. The zero-order valence-corrected chi connectivity index (χ0v) is 37.8. The van der Waals surface area contributed by atoms with Crippen molar-refractivity contribution >= 4 is 80.4 Å². The third-order valence-corrected chi connectivity index (χ3v) is 11.5. The topological polar surface area (TPSA) is 293 Å². The van der Waals surface area contributed by atoms with Gasteiger partial charge in [-0.15, -0.1) is 0 Å². The SMILES string of the molecule is CSSCC(NC(=O)CCc1ccc(Cl)cc1)C(=O)N[C@@H](Cc1ccc(O)cc1)C(=O)NCC(=O)NC(CCCCN)C(=O)NCC(=O)NCC(=O)NC(Cc1ccccc1)C(N)=O. The molecule has 4 atom stereocenters. The predicted molar refractivity (Wildman–Crippen MR) is 247 cm³/mol. The van der Waals surface area contributed by atoms with E-state index in [-0.39, 0.29) is 43.1 Å². The number of aromatic hydroxyl groups is 1. The maximum absolute atomic E-state index is 13.7. The number of nitrogens with two attached hydrogens (primary N) is 2. The van der Waals surface area contributed by atoms with E-state index in [1.807, 2.05) is 6.26 Å². The Balaban J connectivity index is 1.59. The minimum Gasteiger partial charge on any atom is -0.508 e. The molecule has 346 valence electrons. The van der Waals surface area contributed by atoms with Crippen LogP contribution in [0.4, 0.5) is 0 Å². The van der Waals surface area contributed by atoms with Gasteiger partial charge in [0.25, 0.3) is 0 Å². The molecule has 12 N–H and O–H groups in total. The monoisotopic (exact) mass is 941 g/mol. The zero-order valence-electron chi connectivity index (χ0n) is 35.4. The smallest absolute Gasteiger partial charge is 0.244 e. The number of halogens is 1. The van der Waals surface area contributed by atoms with Gasteiger partial charge in [-0.2, -0.15) is 0 Å². The number of rotatable bonds is 28. The molecule has 0 bridgehead atoms. The molecule has 0 saturated heterocycles. The summed E-state index contributed by atoms with van der Waals surface area (Å²) < 4.78 is 0. The number of carbonyl (C=O) groups is 8. The number of hydrogen-bond donors (Lipinski definition) is 10. The Bertz CT molecular complexity index is 2020. The van der Waals surface area contributed by atoms with Crippen LogP contribution in [0.1, 0.15) is 42.4 Å². The summed E-state index contributed by atoms with van der Waals surface area (Å²) in [6.45, 7) is -1.33. The van der Waals surface area contributed by atoms with Gasteiger partial charge >= 0.3 is 0 Å². The third-order valence-electron chi connectivity index (χ3n) is 9.42. The number of nitrogens with one attached hydrogen (secondary N) is 7. The second kappa shape index (κ2) is 28.8. The predicted octanol–water partition coefficient (Wildman–Crippen LogP) is 0.377. The molecule has 3 rings (SSSR count). The van der Waals surface area contributed by atoms with Gasteiger partial charge in [-0.25, -0.2) is 0 Å². The first-order valence-corrected chi connectivity index (χ1v) is 23.5. The molecule has 0 aliphatic heterocycles. The fraction of sp³-hybridized carbons (Fsp3) is 0.395. The van der Waals surface area contributed by atoms with E-state index in [1.165, 1.54) is 33.7 Å². The normalized spacial score (nSPS) is 12.6. The zero-order chi connectivity index (χ0) is 46.9. The molecule has 64 heavy (non-hydrogen) atoms. The van der Waals surface area contributed by atoms with E-state index in [2.05, 4.69) is 37.2 Å². The second-order valence-corrected chi connectivity index (χ2v) is 17.5. The van der Waals surface area contributed by atoms with E-state index in [9.17, 15) is 43.5 Å². The minimum atomic E-state index is -1.23. The number of hydrogen-bond acceptors (Lipinski definition) is 12. The van der Waals surface area contributed by atoms with E-state index in [0.29, 0.717) is 36.4 Å². The molecule has 3 aromatic rings. The summed E-state index contributed by atoms with van der Waals surface area (Å²) in [5.41, 5.74) is 13.3. The van der Waals surface area contributed by atoms with Crippen molar-refractivity contribution in [1.82, 2.24) is 37.2 Å². The third kappa shape index (κ3) is 20.6. The van der Waals surface area contributed by atoms with E-state index in [1.54, 1.807) is 66.7 Å². The Hall–Kier alpha value is -5.83. The lowest BCUT2D eigenvalue weighted by molar-refractivity contribution is -0.133. The minimum absolute atomic E-state index is 0.0103. The van der Waals surface area contributed by atoms with Crippen LogP contribution in [0.25, 0.3) is 0 Å². The molecule has 0 heterocycles. The first kappa shape index (κ1) is 52.5. The summed E-state index contributed by atoms with van der Waals surface area (Å²) in [5.74, 6) is -5.21. The molecule has 8 amide bonds. The summed E-state index contributed by atoms with van der Waals surface area (Å²) in [7, 11) is 2.73. The average molecular weight is 943 g/mol. The van der Waals surface area contributed by atoms with E-state index in [4.69, 9.17) is 23.1 Å². The van der Waals surface area contributed by atoms with Gasteiger partial charge in [-0.1, -0.05) is 87.8 Å². The van der Waals surface area contributed by atoms with Gasteiger partial charge in [-0.3, -0.25) is 38.4 Å². The summed E-state index contributed by atoms with van der Waals surface area (Å²) in [4.78, 5) is 104. The highest BCUT2D eigenvalue weighted by molar-refractivity contribution is 8.76. The summed E-state index contributed by atoms with van der Waals surface area (Å²) in [6, 6.07) is 17.5. The van der Waals surface area contributed by atoms with Crippen LogP contribution in [-0.2, 0) is 57.6 Å². The van der Waals surface area contributed by atoms with Crippen molar-refractivity contribution < 1.29 is 43.5 Å². The molecular formula is C43H56ClN9O9S2. The Kier molecular flexibility index (Phi) is 23.6. The number of aryl methyl sites for hydroxylation is 1. The van der Waals surface area contributed by atoms with Crippen molar-refractivity contribution in [1.29, 1.82) is 0 Å². The van der Waals surface area contributed by atoms with Crippen LogP contribution in [0.15, 0.2) is 78.9 Å². The van der Waals surface area contributed by atoms with Crippen LogP contribution < -0.4 is 48.7 Å². The van der Waals surface area contributed by atoms with Crippen LogP contribution in [0.3, 0.4) is 0 Å². The highest BCUT2D eigenvalue weighted by Gasteiger charge is 2.28. The lowest BCUT2D eigenvalue weighted by atomic mass is 10.0. The van der Waals surface area contributed by atoms with Crippen LogP contribution in [0, 0.1) is 0 Å². The number of carbonyl (C=O) groups excluding carboxylic acids is 8. The van der Waals surface area contributed by atoms with Crippen molar-refractivity contribution in [2.75, 3.05) is 38.2 Å². The number of phenolic OH excluding ortho intramolecular Hbond substituents is 1. The Morgan fingerprint density at radius 2 is 1.16 bits per heavy atom. The van der Waals surface area contributed by atoms with E-state index < -0.39 is 85.2 Å². The first-order chi connectivity index (χ1) is 30.7. The Labute approximate surface area is 384 Å². The molecule has 0 saturated carbocycles. The summed E-state index contributed by atoms with van der Waals surface area (Å²) >= 11 is 5.96. The second-order valence-electron chi connectivity index (χ2n) is 14.5. The lowest BCUT2D eigenvalue weighted by Crippen LogP contribution is -2.56. The lowest BCUT2D eigenvalue weighted by Gasteiger charge is -2.23. The summed E-state index contributed by atoms with van der Waals surface area (Å²) in [6.07, 6.45) is 3.53. The van der Waals surface area contributed by atoms with Crippen molar-refractivity contribution in [2.24, 2.45) is 11.5 Å². The van der Waals surface area contributed by atoms with E-state index in [0.717, 1.165) is 11.1 Å². The largest absolute Gasteiger partial charge is 0.508 e. The number of benzene rings is 3. The van der Waals surface area contributed by atoms with Crippen LogP contribution in [0.2, 0.25) is 5.02 Å². The molecular weight excluding hydrogens is 886 g/mol. The van der Waals surface area contributed by atoms with Crippen molar-refractivity contribution in [3.63, 3.8) is 0 Å². The highest BCUT2D eigenvalue weighted by Crippen LogP contribution is 2.19. The van der Waals surface area contributed by atoms with Gasteiger partial charge in [-0.05, 0) is 79.4 Å². The fourth-order valence-corrected chi connectivity index (χ4v) is 7.44. The first-order valence-electron chi connectivity index (χ1n) is 20.4. The maximum atomic E-state index is 13.7. The highest BCUT2D eigenvalue weighted by atomic mass is 35.5. The Morgan fingerprint density at radius 1 is 0.609 bits per heavy atom. The van der Waals surface area contributed by atoms with Crippen molar-refractivity contribution in [3.8, 4) is 5.75 Å². The molecule has 3 unspecified atom stereocenters. The van der Waals surface area contributed by atoms with Gasteiger partial charge in [0.1, 0.15) is 29.9 Å². The molecule has 0 aliphatic rings. The fourth-order valence-electron chi connectivity index (χ4n) is 5.99. The van der Waals surface area contributed by atoms with Gasteiger partial charge < -0.3 is 53.8 Å². The number of unbranched alkanes of at least 4 members (excludes halogenated alkanes) is 1. The molecule has 0 spiro atoms. The summed E-state index contributed by atoms with van der Waals surface area (Å²) in [5, 5.41) is 28.1. The quantitative estimate of drug-likeness (QED) is 0.0349. The Morgan fingerprint density at radius 3 is 1.78 bits per heavy atom. The van der Waals surface area contributed by atoms with E-state index >= 15 is 0 Å². The maximum Gasteiger partial charge on any atom is 0.244 e. The van der Waals surface area contributed by atoms with Crippen molar-refractivity contribution in [2.45, 2.75) is 69.1 Å². The molecule has 0 aliphatic carbocycles. The van der Waals surface area contributed by atoms with Gasteiger partial charge in [0, 0.05) is 30.0 Å². The average Bonchev–Trinajstić information content (AvgIpc) is 3.28. The van der Waals surface area contributed by atoms with Crippen LogP contribution >= 0.6 is 33.2 Å². The van der Waals surface area contributed by atoms with Crippen molar-refractivity contribution in [3.05, 3.63) is 101 Å².